The molecule has 0 saturated carbocycles. The number of aliphatic hydroxyl groups is 1. The molecule has 0 aromatic heterocycles. The molecule has 28 heavy (non-hydrogen) atoms. The average molecular weight is 389 g/mol. The van der Waals surface area contributed by atoms with E-state index >= 15 is 0 Å². The van der Waals surface area contributed by atoms with E-state index in [0.717, 1.165) is 18.7 Å². The van der Waals surface area contributed by atoms with Crippen LogP contribution >= 0.6 is 0 Å². The second kappa shape index (κ2) is 9.21. The number of ether oxygens (including phenoxy) is 3. The highest BCUT2D eigenvalue weighted by molar-refractivity contribution is 5.93. The van der Waals surface area contributed by atoms with Gasteiger partial charge in [0.05, 0.1) is 12.7 Å². The van der Waals surface area contributed by atoms with Crippen LogP contribution in [0.3, 0.4) is 0 Å². The third kappa shape index (κ3) is 4.54. The van der Waals surface area contributed by atoms with Gasteiger partial charge in [0.2, 0.25) is 6.29 Å². The number of amides is 1. The van der Waals surface area contributed by atoms with Crippen molar-refractivity contribution < 1.29 is 28.9 Å². The highest BCUT2D eigenvalue weighted by Gasteiger charge is 2.40. The van der Waals surface area contributed by atoms with Gasteiger partial charge in [-0.3, -0.25) is 4.79 Å². The lowest BCUT2D eigenvalue weighted by molar-refractivity contribution is -0.168. The van der Waals surface area contributed by atoms with Gasteiger partial charge in [0.1, 0.15) is 0 Å². The number of allylic oxidation sites excluding steroid dienone is 1. The fraction of sp³-hybridized carbons (Fsp3) is 0.524. The number of carbonyl (C=O) groups excluding carboxylic acids is 2. The number of benzene rings is 1. The van der Waals surface area contributed by atoms with E-state index in [1.165, 1.54) is 7.11 Å². The molecule has 3 rings (SSSR count). The Morgan fingerprint density at radius 1 is 1.25 bits per heavy atom. The average Bonchev–Trinajstić information content (AvgIpc) is 3.57. The van der Waals surface area contributed by atoms with E-state index in [0.29, 0.717) is 30.8 Å². The number of esters is 1. The van der Waals surface area contributed by atoms with E-state index in [2.05, 4.69) is 0 Å². The molecule has 1 aromatic carbocycles. The molecule has 1 fully saturated rings. The minimum Gasteiger partial charge on any atom is -0.465 e. The molecule has 0 unspecified atom stereocenters. The number of hydrogen-bond donors (Lipinski definition) is 1. The van der Waals surface area contributed by atoms with Gasteiger partial charge in [0, 0.05) is 38.1 Å². The Bertz CT molecular complexity index is 725. The van der Waals surface area contributed by atoms with E-state index in [1.807, 2.05) is 25.1 Å². The van der Waals surface area contributed by atoms with Crippen LogP contribution in [0.1, 0.15) is 41.6 Å². The molecule has 152 valence electrons. The summed E-state index contributed by atoms with van der Waals surface area (Å²) >= 11 is 0. The Labute approximate surface area is 164 Å². The third-order valence-electron chi connectivity index (χ3n) is 5.07. The molecule has 1 aromatic rings. The Balaban J connectivity index is 1.93. The van der Waals surface area contributed by atoms with Crippen LogP contribution in [0.25, 0.3) is 0 Å². The summed E-state index contributed by atoms with van der Waals surface area (Å²) in [4.78, 5) is 26.0. The Morgan fingerprint density at radius 2 is 1.96 bits per heavy atom. The zero-order valence-corrected chi connectivity index (χ0v) is 16.3. The van der Waals surface area contributed by atoms with E-state index in [-0.39, 0.29) is 24.3 Å². The van der Waals surface area contributed by atoms with Crippen LogP contribution in [0.2, 0.25) is 0 Å². The summed E-state index contributed by atoms with van der Waals surface area (Å²) in [5.74, 6) is -0.389. The summed E-state index contributed by atoms with van der Waals surface area (Å²) < 4.78 is 16.5. The van der Waals surface area contributed by atoms with Crippen molar-refractivity contribution >= 4 is 11.9 Å². The molecular weight excluding hydrogens is 362 g/mol. The molecule has 0 aliphatic carbocycles. The van der Waals surface area contributed by atoms with Crippen molar-refractivity contribution in [2.24, 2.45) is 5.92 Å². The first-order valence-electron chi connectivity index (χ1n) is 9.67. The fourth-order valence-electron chi connectivity index (χ4n) is 3.51. The number of carbonyl (C=O) groups is 2. The van der Waals surface area contributed by atoms with Gasteiger partial charge in [0.15, 0.2) is 5.76 Å². The maximum Gasteiger partial charge on any atom is 0.337 e. The topological polar surface area (TPSA) is 85.1 Å². The molecule has 7 heteroatoms. The van der Waals surface area contributed by atoms with Crippen molar-refractivity contribution in [3.63, 3.8) is 0 Å². The lowest BCUT2D eigenvalue weighted by Crippen LogP contribution is -2.37. The molecule has 7 nitrogen and oxygen atoms in total. The lowest BCUT2D eigenvalue weighted by Gasteiger charge is -2.37. The van der Waals surface area contributed by atoms with Crippen molar-refractivity contribution in [2.45, 2.75) is 32.0 Å². The van der Waals surface area contributed by atoms with Crippen LogP contribution in [0.4, 0.5) is 0 Å². The molecule has 0 spiro atoms. The molecule has 2 heterocycles. The van der Waals surface area contributed by atoms with Crippen molar-refractivity contribution in [3.05, 3.63) is 47.2 Å². The zero-order chi connectivity index (χ0) is 20.1. The molecular formula is C21H27NO6. The SMILES string of the molecule is CCO[C@@H]1OC(C(=O)N2CC2)=C[C@H](c2ccc(C(=O)OC)cc2)[C@@H]1CCCO. The van der Waals surface area contributed by atoms with Crippen LogP contribution in [-0.2, 0) is 19.0 Å². The van der Waals surface area contributed by atoms with Crippen LogP contribution in [0.15, 0.2) is 36.1 Å². The first-order chi connectivity index (χ1) is 13.6. The van der Waals surface area contributed by atoms with Crippen molar-refractivity contribution in [1.29, 1.82) is 0 Å². The summed E-state index contributed by atoms with van der Waals surface area (Å²) in [7, 11) is 1.35. The van der Waals surface area contributed by atoms with E-state index in [4.69, 9.17) is 14.2 Å². The van der Waals surface area contributed by atoms with Crippen LogP contribution in [0, 0.1) is 5.92 Å². The quantitative estimate of drug-likeness (QED) is 0.541. The molecule has 0 bridgehead atoms. The van der Waals surface area contributed by atoms with Gasteiger partial charge in [0.25, 0.3) is 5.91 Å². The van der Waals surface area contributed by atoms with Crippen LogP contribution in [-0.4, -0.2) is 61.6 Å². The van der Waals surface area contributed by atoms with Crippen LogP contribution in [0.5, 0.6) is 0 Å². The van der Waals surface area contributed by atoms with Gasteiger partial charge in [-0.05, 0) is 43.5 Å². The van der Waals surface area contributed by atoms with Crippen LogP contribution < -0.4 is 0 Å². The molecule has 1 N–H and O–H groups in total. The summed E-state index contributed by atoms with van der Waals surface area (Å²) in [5.41, 5.74) is 1.43. The van der Waals surface area contributed by atoms with Gasteiger partial charge in [-0.2, -0.15) is 0 Å². The van der Waals surface area contributed by atoms with E-state index in [1.54, 1.807) is 17.0 Å². The zero-order valence-electron chi connectivity index (χ0n) is 16.3. The largest absolute Gasteiger partial charge is 0.465 e. The Kier molecular flexibility index (Phi) is 6.70. The minimum absolute atomic E-state index is 0.0539. The standard InChI is InChI=1S/C21H27NO6/c1-3-27-21-16(5-4-12-23)17(13-18(28-21)19(24)22-10-11-22)14-6-8-15(9-7-14)20(25)26-2/h6-9,13,16-17,21,23H,3-5,10-12H2,1-2H3/t16-,17+,21+/m0/s1. The molecule has 2 aliphatic rings. The van der Waals surface area contributed by atoms with Gasteiger partial charge < -0.3 is 24.2 Å². The highest BCUT2D eigenvalue weighted by Crippen LogP contribution is 2.40. The van der Waals surface area contributed by atoms with Gasteiger partial charge in [-0.1, -0.05) is 12.1 Å². The Morgan fingerprint density at radius 3 is 2.54 bits per heavy atom. The maximum absolute atomic E-state index is 12.6. The summed E-state index contributed by atoms with van der Waals surface area (Å²) in [6.07, 6.45) is 2.58. The molecule has 0 radical (unpaired) electrons. The molecule has 2 aliphatic heterocycles. The first kappa shape index (κ1) is 20.4. The second-order valence-corrected chi connectivity index (χ2v) is 6.93. The monoisotopic (exact) mass is 389 g/mol. The van der Waals surface area contributed by atoms with Gasteiger partial charge >= 0.3 is 5.97 Å². The number of rotatable bonds is 8. The molecule has 3 atom stereocenters. The summed E-state index contributed by atoms with van der Waals surface area (Å²) in [6.45, 7) is 3.90. The predicted octanol–water partition coefficient (Wildman–Crippen LogP) is 2.06. The van der Waals surface area contributed by atoms with Crippen molar-refractivity contribution in [2.75, 3.05) is 33.4 Å². The molecule has 1 amide bonds. The second-order valence-electron chi connectivity index (χ2n) is 6.93. The maximum atomic E-state index is 12.6. The summed E-state index contributed by atoms with van der Waals surface area (Å²) in [5, 5.41) is 9.31. The van der Waals surface area contributed by atoms with E-state index < -0.39 is 12.3 Å². The third-order valence-corrected chi connectivity index (χ3v) is 5.07. The molecule has 1 saturated heterocycles. The minimum atomic E-state index is -0.564. The normalized spacial score (nSPS) is 23.6. The summed E-state index contributed by atoms with van der Waals surface area (Å²) in [6, 6.07) is 7.17. The number of aliphatic hydroxyl groups excluding tert-OH is 1. The number of nitrogens with zero attached hydrogens (tertiary/aromatic N) is 1. The lowest BCUT2D eigenvalue weighted by atomic mass is 9.80. The highest BCUT2D eigenvalue weighted by atomic mass is 16.7. The Hall–Kier alpha value is -2.38. The van der Waals surface area contributed by atoms with Crippen molar-refractivity contribution in [1.82, 2.24) is 4.90 Å². The number of methoxy groups -OCH3 is 1. The smallest absolute Gasteiger partial charge is 0.337 e. The van der Waals surface area contributed by atoms with E-state index in [9.17, 15) is 14.7 Å². The number of hydrogen-bond acceptors (Lipinski definition) is 6. The first-order valence-corrected chi connectivity index (χ1v) is 9.67. The fourth-order valence-corrected chi connectivity index (χ4v) is 3.51. The van der Waals surface area contributed by atoms with Crippen molar-refractivity contribution in [3.8, 4) is 0 Å². The predicted molar refractivity (Wildman–Crippen MR) is 101 cm³/mol. The van der Waals surface area contributed by atoms with Gasteiger partial charge in [-0.25, -0.2) is 4.79 Å². The van der Waals surface area contributed by atoms with Gasteiger partial charge in [-0.15, -0.1) is 0 Å².